The molecule has 20 heavy (non-hydrogen) atoms. The number of nitrogen functional groups attached to an aromatic ring is 1. The standard InChI is InChI=1S/C16H20N2O2/c1-11-5-4-6-14(17)16(11)18-10-12-7-8-13(19-2)9-15(12)20-3/h4-9,18H,10,17H2,1-3H3. The minimum atomic E-state index is 0.641. The zero-order chi connectivity index (χ0) is 14.5. The van der Waals surface area contributed by atoms with Gasteiger partial charge in [0.15, 0.2) is 0 Å². The average Bonchev–Trinajstić information content (AvgIpc) is 2.46. The van der Waals surface area contributed by atoms with E-state index in [1.807, 2.05) is 43.3 Å². The van der Waals surface area contributed by atoms with E-state index in [1.165, 1.54) is 0 Å². The van der Waals surface area contributed by atoms with Crippen molar-refractivity contribution in [3.63, 3.8) is 0 Å². The Bertz CT molecular complexity index is 577. The van der Waals surface area contributed by atoms with E-state index in [1.54, 1.807) is 14.2 Å². The average molecular weight is 272 g/mol. The highest BCUT2D eigenvalue weighted by Crippen LogP contribution is 2.27. The molecule has 106 valence electrons. The molecule has 0 heterocycles. The molecule has 2 aromatic carbocycles. The van der Waals surface area contributed by atoms with Crippen LogP contribution in [0.25, 0.3) is 0 Å². The second-order valence-electron chi connectivity index (χ2n) is 4.57. The van der Waals surface area contributed by atoms with Gasteiger partial charge in [0.05, 0.1) is 25.6 Å². The first-order chi connectivity index (χ1) is 9.65. The topological polar surface area (TPSA) is 56.5 Å². The fraction of sp³-hybridized carbons (Fsp3) is 0.250. The molecule has 0 radical (unpaired) electrons. The van der Waals surface area contributed by atoms with Crippen LogP contribution >= 0.6 is 0 Å². The predicted molar refractivity (Wildman–Crippen MR) is 82.5 cm³/mol. The van der Waals surface area contributed by atoms with Crippen LogP contribution in [0.2, 0.25) is 0 Å². The van der Waals surface area contributed by atoms with Crippen molar-refractivity contribution >= 4 is 11.4 Å². The Labute approximate surface area is 119 Å². The number of nitrogens with one attached hydrogen (secondary N) is 1. The Kier molecular flexibility index (Phi) is 4.35. The van der Waals surface area contributed by atoms with Crippen LogP contribution < -0.4 is 20.5 Å². The van der Waals surface area contributed by atoms with E-state index >= 15 is 0 Å². The van der Waals surface area contributed by atoms with Crippen molar-refractivity contribution in [2.45, 2.75) is 13.5 Å². The van der Waals surface area contributed by atoms with Crippen molar-refractivity contribution in [1.82, 2.24) is 0 Å². The number of ether oxygens (including phenoxy) is 2. The molecule has 0 spiro atoms. The first-order valence-electron chi connectivity index (χ1n) is 6.45. The molecule has 0 fully saturated rings. The molecule has 0 bridgehead atoms. The number of nitrogens with two attached hydrogens (primary N) is 1. The molecule has 2 rings (SSSR count). The summed E-state index contributed by atoms with van der Waals surface area (Å²) in [5.41, 5.74) is 9.87. The highest BCUT2D eigenvalue weighted by Gasteiger charge is 2.07. The van der Waals surface area contributed by atoms with Crippen molar-refractivity contribution in [1.29, 1.82) is 0 Å². The van der Waals surface area contributed by atoms with E-state index in [4.69, 9.17) is 15.2 Å². The normalized spacial score (nSPS) is 10.2. The smallest absolute Gasteiger partial charge is 0.127 e. The highest BCUT2D eigenvalue weighted by molar-refractivity contribution is 5.70. The molecule has 0 saturated carbocycles. The number of methoxy groups -OCH3 is 2. The maximum atomic E-state index is 5.99. The number of benzene rings is 2. The molecular weight excluding hydrogens is 252 g/mol. The van der Waals surface area contributed by atoms with Gasteiger partial charge in [0, 0.05) is 18.2 Å². The molecule has 0 aliphatic carbocycles. The molecule has 4 heteroatoms. The van der Waals surface area contributed by atoms with E-state index in [0.29, 0.717) is 6.54 Å². The Balaban J connectivity index is 2.19. The lowest BCUT2D eigenvalue weighted by Gasteiger charge is -2.15. The van der Waals surface area contributed by atoms with Crippen molar-refractivity contribution in [3.05, 3.63) is 47.5 Å². The van der Waals surface area contributed by atoms with Gasteiger partial charge in [-0.05, 0) is 30.7 Å². The molecule has 2 aromatic rings. The van der Waals surface area contributed by atoms with Gasteiger partial charge in [-0.3, -0.25) is 0 Å². The van der Waals surface area contributed by atoms with Crippen LogP contribution in [0.3, 0.4) is 0 Å². The van der Waals surface area contributed by atoms with Gasteiger partial charge in [0.25, 0.3) is 0 Å². The maximum Gasteiger partial charge on any atom is 0.127 e. The summed E-state index contributed by atoms with van der Waals surface area (Å²) in [5.74, 6) is 1.57. The summed E-state index contributed by atoms with van der Waals surface area (Å²) < 4.78 is 10.6. The fourth-order valence-corrected chi connectivity index (χ4v) is 2.11. The zero-order valence-electron chi connectivity index (χ0n) is 12.1. The van der Waals surface area contributed by atoms with Crippen LogP contribution in [0, 0.1) is 6.92 Å². The number of rotatable bonds is 5. The lowest BCUT2D eigenvalue weighted by atomic mass is 10.1. The SMILES string of the molecule is COc1ccc(CNc2c(C)cccc2N)c(OC)c1. The summed E-state index contributed by atoms with van der Waals surface area (Å²) in [4.78, 5) is 0. The number of para-hydroxylation sites is 1. The van der Waals surface area contributed by atoms with Crippen LogP contribution in [0.1, 0.15) is 11.1 Å². The molecule has 0 atom stereocenters. The van der Waals surface area contributed by atoms with Crippen LogP contribution in [0.15, 0.2) is 36.4 Å². The lowest BCUT2D eigenvalue weighted by Crippen LogP contribution is -2.05. The van der Waals surface area contributed by atoms with Crippen LogP contribution in [0.4, 0.5) is 11.4 Å². The molecule has 0 amide bonds. The first kappa shape index (κ1) is 14.1. The first-order valence-corrected chi connectivity index (χ1v) is 6.45. The Hall–Kier alpha value is -2.36. The van der Waals surface area contributed by atoms with Crippen LogP contribution in [-0.2, 0) is 6.54 Å². The minimum absolute atomic E-state index is 0.641. The van der Waals surface area contributed by atoms with Gasteiger partial charge in [-0.1, -0.05) is 12.1 Å². The summed E-state index contributed by atoms with van der Waals surface area (Å²) in [6, 6.07) is 11.6. The van der Waals surface area contributed by atoms with Gasteiger partial charge in [-0.15, -0.1) is 0 Å². The van der Waals surface area contributed by atoms with Gasteiger partial charge < -0.3 is 20.5 Å². The quantitative estimate of drug-likeness (QED) is 0.821. The van der Waals surface area contributed by atoms with Crippen molar-refractivity contribution in [3.8, 4) is 11.5 Å². The molecule has 0 aliphatic rings. The van der Waals surface area contributed by atoms with Crippen molar-refractivity contribution in [2.75, 3.05) is 25.3 Å². The number of aryl methyl sites for hydroxylation is 1. The van der Waals surface area contributed by atoms with Gasteiger partial charge in [-0.2, -0.15) is 0 Å². The zero-order valence-corrected chi connectivity index (χ0v) is 12.1. The van der Waals surface area contributed by atoms with E-state index in [0.717, 1.165) is 34.0 Å². The third-order valence-electron chi connectivity index (χ3n) is 3.25. The Morgan fingerprint density at radius 1 is 1.10 bits per heavy atom. The Morgan fingerprint density at radius 3 is 2.55 bits per heavy atom. The van der Waals surface area contributed by atoms with Crippen molar-refractivity contribution in [2.24, 2.45) is 0 Å². The van der Waals surface area contributed by atoms with Crippen LogP contribution in [-0.4, -0.2) is 14.2 Å². The summed E-state index contributed by atoms with van der Waals surface area (Å²) >= 11 is 0. The van der Waals surface area contributed by atoms with Gasteiger partial charge >= 0.3 is 0 Å². The molecule has 3 N–H and O–H groups in total. The van der Waals surface area contributed by atoms with Gasteiger partial charge in [-0.25, -0.2) is 0 Å². The third kappa shape index (κ3) is 2.96. The van der Waals surface area contributed by atoms with E-state index in [9.17, 15) is 0 Å². The fourth-order valence-electron chi connectivity index (χ4n) is 2.11. The highest BCUT2D eigenvalue weighted by atomic mass is 16.5. The van der Waals surface area contributed by atoms with E-state index in [-0.39, 0.29) is 0 Å². The summed E-state index contributed by atoms with van der Waals surface area (Å²) in [6.07, 6.45) is 0. The molecule has 0 aromatic heterocycles. The van der Waals surface area contributed by atoms with Gasteiger partial charge in [0.1, 0.15) is 11.5 Å². The van der Waals surface area contributed by atoms with Gasteiger partial charge in [0.2, 0.25) is 0 Å². The molecular formula is C16H20N2O2. The molecule has 0 aliphatic heterocycles. The van der Waals surface area contributed by atoms with Crippen molar-refractivity contribution < 1.29 is 9.47 Å². The second kappa shape index (κ2) is 6.19. The minimum Gasteiger partial charge on any atom is -0.497 e. The second-order valence-corrected chi connectivity index (χ2v) is 4.57. The number of hydrogen-bond acceptors (Lipinski definition) is 4. The molecule has 0 unspecified atom stereocenters. The summed E-state index contributed by atoms with van der Waals surface area (Å²) in [7, 11) is 3.29. The van der Waals surface area contributed by atoms with E-state index < -0.39 is 0 Å². The maximum absolute atomic E-state index is 5.99. The lowest BCUT2D eigenvalue weighted by molar-refractivity contribution is 0.391. The van der Waals surface area contributed by atoms with Crippen LogP contribution in [0.5, 0.6) is 11.5 Å². The third-order valence-corrected chi connectivity index (χ3v) is 3.25. The summed E-state index contributed by atoms with van der Waals surface area (Å²) in [6.45, 7) is 2.67. The number of hydrogen-bond donors (Lipinski definition) is 2. The summed E-state index contributed by atoms with van der Waals surface area (Å²) in [5, 5.41) is 3.36. The Morgan fingerprint density at radius 2 is 1.90 bits per heavy atom. The predicted octanol–water partition coefficient (Wildman–Crippen LogP) is 3.21. The monoisotopic (exact) mass is 272 g/mol. The molecule has 0 saturated heterocycles. The largest absolute Gasteiger partial charge is 0.497 e. The number of anilines is 2. The van der Waals surface area contributed by atoms with E-state index in [2.05, 4.69) is 5.32 Å². The molecule has 4 nitrogen and oxygen atoms in total.